The van der Waals surface area contributed by atoms with Crippen molar-refractivity contribution in [2.45, 2.75) is 19.8 Å². The molecule has 1 heterocycles. The van der Waals surface area contributed by atoms with Crippen molar-refractivity contribution in [2.75, 3.05) is 31.1 Å². The number of hydrogen-bond acceptors (Lipinski definition) is 2. The van der Waals surface area contributed by atoms with Crippen LogP contribution in [0.25, 0.3) is 0 Å². The van der Waals surface area contributed by atoms with Gasteiger partial charge in [-0.3, -0.25) is 0 Å². The molecular formula is C13H19ClN2. The largest absolute Gasteiger partial charge is 0.369 e. The van der Waals surface area contributed by atoms with E-state index in [1.165, 1.54) is 11.3 Å². The van der Waals surface area contributed by atoms with Crippen LogP contribution in [0.1, 0.15) is 18.9 Å². The number of piperazine rings is 1. The maximum absolute atomic E-state index is 6.18. The first-order valence-corrected chi connectivity index (χ1v) is 6.43. The molecule has 0 saturated carbocycles. The van der Waals surface area contributed by atoms with Crippen LogP contribution in [0.5, 0.6) is 0 Å². The fourth-order valence-electron chi connectivity index (χ4n) is 2.14. The van der Waals surface area contributed by atoms with Gasteiger partial charge in [0.25, 0.3) is 0 Å². The average Bonchev–Trinajstić information content (AvgIpc) is 2.33. The number of rotatable bonds is 3. The fourth-order valence-corrected chi connectivity index (χ4v) is 2.35. The number of hydrogen-bond donors (Lipinski definition) is 1. The van der Waals surface area contributed by atoms with Gasteiger partial charge in [0.2, 0.25) is 0 Å². The van der Waals surface area contributed by atoms with E-state index < -0.39 is 0 Å². The lowest BCUT2D eigenvalue weighted by Gasteiger charge is -2.29. The molecule has 0 atom stereocenters. The molecule has 0 aromatic heterocycles. The molecule has 1 aromatic rings. The molecule has 0 spiro atoms. The van der Waals surface area contributed by atoms with Crippen LogP contribution in [0.3, 0.4) is 0 Å². The van der Waals surface area contributed by atoms with Crippen molar-refractivity contribution >= 4 is 17.3 Å². The Hall–Kier alpha value is -0.730. The van der Waals surface area contributed by atoms with E-state index in [0.29, 0.717) is 0 Å². The lowest BCUT2D eigenvalue weighted by molar-refractivity contribution is 0.589. The topological polar surface area (TPSA) is 15.3 Å². The van der Waals surface area contributed by atoms with Crippen LogP contribution in [0.2, 0.25) is 5.02 Å². The first-order valence-electron chi connectivity index (χ1n) is 6.05. The van der Waals surface area contributed by atoms with Gasteiger partial charge in [-0.1, -0.05) is 24.9 Å². The highest BCUT2D eigenvalue weighted by molar-refractivity contribution is 6.31. The van der Waals surface area contributed by atoms with Crippen molar-refractivity contribution in [3.8, 4) is 0 Å². The third-order valence-corrected chi connectivity index (χ3v) is 3.40. The van der Waals surface area contributed by atoms with Crippen molar-refractivity contribution in [1.82, 2.24) is 5.32 Å². The van der Waals surface area contributed by atoms with E-state index in [9.17, 15) is 0 Å². The zero-order valence-electron chi connectivity index (χ0n) is 9.80. The minimum atomic E-state index is 0.903. The molecule has 1 N–H and O–H groups in total. The van der Waals surface area contributed by atoms with E-state index in [-0.39, 0.29) is 0 Å². The molecule has 0 bridgehead atoms. The summed E-state index contributed by atoms with van der Waals surface area (Å²) in [6.45, 7) is 6.52. The van der Waals surface area contributed by atoms with E-state index in [4.69, 9.17) is 11.6 Å². The van der Waals surface area contributed by atoms with Gasteiger partial charge in [-0.15, -0.1) is 0 Å². The van der Waals surface area contributed by atoms with E-state index >= 15 is 0 Å². The molecule has 3 heteroatoms. The second-order valence-corrected chi connectivity index (χ2v) is 4.67. The Morgan fingerprint density at radius 2 is 2.06 bits per heavy atom. The van der Waals surface area contributed by atoms with E-state index in [1.54, 1.807) is 0 Å². The summed E-state index contributed by atoms with van der Waals surface area (Å²) in [4.78, 5) is 2.42. The summed E-state index contributed by atoms with van der Waals surface area (Å²) in [5.41, 5.74) is 2.59. The summed E-state index contributed by atoms with van der Waals surface area (Å²) in [5, 5.41) is 4.27. The van der Waals surface area contributed by atoms with Crippen LogP contribution in [0.4, 0.5) is 5.69 Å². The molecule has 1 saturated heterocycles. The molecule has 0 unspecified atom stereocenters. The van der Waals surface area contributed by atoms with E-state index in [2.05, 4.69) is 29.3 Å². The van der Waals surface area contributed by atoms with Crippen LogP contribution in [0, 0.1) is 0 Å². The molecule has 2 nitrogen and oxygen atoms in total. The van der Waals surface area contributed by atoms with Gasteiger partial charge in [0.05, 0.1) is 0 Å². The molecule has 1 fully saturated rings. The summed E-state index contributed by atoms with van der Waals surface area (Å²) >= 11 is 6.18. The molecule has 1 aliphatic rings. The summed E-state index contributed by atoms with van der Waals surface area (Å²) in [6, 6.07) is 6.41. The zero-order valence-corrected chi connectivity index (χ0v) is 10.6. The normalized spacial score (nSPS) is 16.5. The van der Waals surface area contributed by atoms with Crippen molar-refractivity contribution in [1.29, 1.82) is 0 Å². The molecule has 0 radical (unpaired) electrons. The smallest absolute Gasteiger partial charge is 0.0439 e. The van der Waals surface area contributed by atoms with Crippen molar-refractivity contribution in [3.05, 3.63) is 28.8 Å². The second kappa shape index (κ2) is 5.55. The van der Waals surface area contributed by atoms with Crippen LogP contribution < -0.4 is 10.2 Å². The van der Waals surface area contributed by atoms with Crippen LogP contribution in [-0.2, 0) is 6.42 Å². The van der Waals surface area contributed by atoms with Crippen molar-refractivity contribution in [3.63, 3.8) is 0 Å². The number of nitrogens with one attached hydrogen (secondary N) is 1. The molecule has 88 valence electrons. The predicted molar refractivity (Wildman–Crippen MR) is 70.5 cm³/mol. The summed E-state index contributed by atoms with van der Waals surface area (Å²) in [6.07, 6.45) is 2.21. The van der Waals surface area contributed by atoms with Gasteiger partial charge in [-0.2, -0.15) is 0 Å². The minimum Gasteiger partial charge on any atom is -0.369 e. The predicted octanol–water partition coefficient (Wildman–Crippen LogP) is 2.70. The fraction of sp³-hybridized carbons (Fsp3) is 0.538. The minimum absolute atomic E-state index is 0.903. The number of nitrogens with zero attached hydrogens (tertiary/aromatic N) is 1. The number of anilines is 1. The summed E-state index contributed by atoms with van der Waals surface area (Å²) in [5.74, 6) is 0. The summed E-state index contributed by atoms with van der Waals surface area (Å²) in [7, 11) is 0. The Morgan fingerprint density at radius 1 is 1.31 bits per heavy atom. The SMILES string of the molecule is CCCc1cc(N2CCNCC2)ccc1Cl. The van der Waals surface area contributed by atoms with Crippen LogP contribution >= 0.6 is 11.6 Å². The molecular weight excluding hydrogens is 220 g/mol. The Labute approximate surface area is 103 Å². The Kier molecular flexibility index (Phi) is 4.08. The molecule has 0 amide bonds. The first kappa shape index (κ1) is 11.7. The highest BCUT2D eigenvalue weighted by Gasteiger charge is 2.11. The first-order chi connectivity index (χ1) is 7.81. The van der Waals surface area contributed by atoms with E-state index in [0.717, 1.165) is 44.0 Å². The third-order valence-electron chi connectivity index (χ3n) is 3.03. The van der Waals surface area contributed by atoms with Gasteiger partial charge in [0, 0.05) is 36.9 Å². The standard InChI is InChI=1S/C13H19ClN2/c1-2-3-11-10-12(4-5-13(11)14)16-8-6-15-7-9-16/h4-5,10,15H,2-3,6-9H2,1H3. The maximum Gasteiger partial charge on any atom is 0.0439 e. The van der Waals surface area contributed by atoms with Gasteiger partial charge in [0.15, 0.2) is 0 Å². The van der Waals surface area contributed by atoms with Crippen molar-refractivity contribution < 1.29 is 0 Å². The van der Waals surface area contributed by atoms with Gasteiger partial charge < -0.3 is 10.2 Å². The number of halogens is 1. The quantitative estimate of drug-likeness (QED) is 0.871. The van der Waals surface area contributed by atoms with Gasteiger partial charge >= 0.3 is 0 Å². The van der Waals surface area contributed by atoms with E-state index in [1.807, 2.05) is 6.07 Å². The van der Waals surface area contributed by atoms with Gasteiger partial charge in [-0.25, -0.2) is 0 Å². The van der Waals surface area contributed by atoms with Crippen molar-refractivity contribution in [2.24, 2.45) is 0 Å². The number of benzene rings is 1. The Morgan fingerprint density at radius 3 is 2.75 bits per heavy atom. The zero-order chi connectivity index (χ0) is 11.4. The number of aryl methyl sites for hydroxylation is 1. The molecule has 1 aliphatic heterocycles. The highest BCUT2D eigenvalue weighted by Crippen LogP contribution is 2.24. The molecule has 1 aromatic carbocycles. The lowest BCUT2D eigenvalue weighted by Crippen LogP contribution is -2.43. The van der Waals surface area contributed by atoms with Gasteiger partial charge in [-0.05, 0) is 30.2 Å². The molecule has 16 heavy (non-hydrogen) atoms. The van der Waals surface area contributed by atoms with Gasteiger partial charge in [0.1, 0.15) is 0 Å². The third kappa shape index (κ3) is 2.69. The highest BCUT2D eigenvalue weighted by atomic mass is 35.5. The Balaban J connectivity index is 2.17. The Bertz CT molecular complexity index is 346. The maximum atomic E-state index is 6.18. The lowest BCUT2D eigenvalue weighted by atomic mass is 10.1. The molecule has 0 aliphatic carbocycles. The monoisotopic (exact) mass is 238 g/mol. The second-order valence-electron chi connectivity index (χ2n) is 4.26. The molecule has 2 rings (SSSR count). The van der Waals surface area contributed by atoms with Crippen LogP contribution in [-0.4, -0.2) is 26.2 Å². The van der Waals surface area contributed by atoms with Crippen LogP contribution in [0.15, 0.2) is 18.2 Å². The summed E-state index contributed by atoms with van der Waals surface area (Å²) < 4.78 is 0. The average molecular weight is 239 g/mol.